The van der Waals surface area contributed by atoms with Gasteiger partial charge in [-0.25, -0.2) is 4.99 Å². The van der Waals surface area contributed by atoms with Crippen LogP contribution >= 0.6 is 23.2 Å². The van der Waals surface area contributed by atoms with E-state index in [1.165, 1.54) is 18.2 Å². The normalized spacial score (nSPS) is 18.4. The molecule has 0 saturated carbocycles. The first-order valence-corrected chi connectivity index (χ1v) is 13.4. The highest BCUT2D eigenvalue weighted by Crippen LogP contribution is 2.45. The average molecular weight is 607 g/mol. The van der Waals surface area contributed by atoms with Crippen LogP contribution in [0.25, 0.3) is 0 Å². The largest absolute Gasteiger partial charge is 0.494 e. The van der Waals surface area contributed by atoms with Gasteiger partial charge in [0.2, 0.25) is 5.90 Å². The van der Waals surface area contributed by atoms with Crippen molar-refractivity contribution in [2.75, 3.05) is 13.2 Å². The number of nitrogens with one attached hydrogen (secondary N) is 1. The summed E-state index contributed by atoms with van der Waals surface area (Å²) < 4.78 is 50.8. The summed E-state index contributed by atoms with van der Waals surface area (Å²) in [6.07, 6.45) is -3.32. The van der Waals surface area contributed by atoms with Crippen LogP contribution in [0.2, 0.25) is 10.0 Å². The summed E-state index contributed by atoms with van der Waals surface area (Å²) in [6, 6.07) is 16.3. The molecule has 216 valence electrons. The highest BCUT2D eigenvalue weighted by atomic mass is 35.5. The van der Waals surface area contributed by atoms with E-state index in [-0.39, 0.29) is 30.5 Å². The first-order chi connectivity index (χ1) is 19.6. The van der Waals surface area contributed by atoms with Crippen molar-refractivity contribution in [3.05, 3.63) is 112 Å². The summed E-state index contributed by atoms with van der Waals surface area (Å²) in [7, 11) is 0. The Morgan fingerprint density at radius 1 is 1.12 bits per heavy atom. The molecule has 0 aromatic heterocycles. The van der Waals surface area contributed by atoms with Gasteiger partial charge in [-0.15, -0.1) is 6.58 Å². The molecular weight excluding hydrogens is 580 g/mol. The molecule has 0 saturated heterocycles. The molecule has 41 heavy (non-hydrogen) atoms. The van der Waals surface area contributed by atoms with Crippen LogP contribution in [0.1, 0.15) is 41.2 Å². The molecule has 6 nitrogen and oxygen atoms in total. The number of aliphatic hydroxyl groups is 1. The third-order valence-corrected chi connectivity index (χ3v) is 7.03. The molecule has 1 heterocycles. The number of ether oxygens (including phenoxy) is 2. The summed E-state index contributed by atoms with van der Waals surface area (Å²) in [5.74, 6) is 0.256. The monoisotopic (exact) mass is 606 g/mol. The number of nitrogens with zero attached hydrogens (tertiary/aromatic N) is 1. The lowest BCUT2D eigenvalue weighted by Crippen LogP contribution is -2.47. The fourth-order valence-electron chi connectivity index (χ4n) is 4.37. The third kappa shape index (κ3) is 7.04. The Balaban J connectivity index is 1.66. The Kier molecular flexibility index (Phi) is 9.63. The predicted molar refractivity (Wildman–Crippen MR) is 151 cm³/mol. The minimum absolute atomic E-state index is 0.0176. The summed E-state index contributed by atoms with van der Waals surface area (Å²) >= 11 is 12.7. The minimum Gasteiger partial charge on any atom is -0.494 e. The van der Waals surface area contributed by atoms with Gasteiger partial charge in [0, 0.05) is 47.2 Å². The van der Waals surface area contributed by atoms with E-state index in [0.29, 0.717) is 40.5 Å². The molecule has 0 unspecified atom stereocenters. The van der Waals surface area contributed by atoms with Gasteiger partial charge in [0.05, 0.1) is 12.2 Å². The zero-order chi connectivity index (χ0) is 29.6. The summed E-state index contributed by atoms with van der Waals surface area (Å²) in [5, 5.41) is 12.4. The van der Waals surface area contributed by atoms with Crippen LogP contribution in [0, 0.1) is 0 Å². The van der Waals surface area contributed by atoms with Gasteiger partial charge in [-0.05, 0) is 54.1 Å². The van der Waals surface area contributed by atoms with Crippen molar-refractivity contribution >= 4 is 35.0 Å². The molecule has 1 aliphatic heterocycles. The second-order valence-corrected chi connectivity index (χ2v) is 10.2. The van der Waals surface area contributed by atoms with Gasteiger partial charge in [0.25, 0.3) is 5.91 Å². The quantitative estimate of drug-likeness (QED) is 0.183. The molecule has 0 fully saturated rings. The number of carbonyl (C=O) groups excluding carboxylic acids is 1. The van der Waals surface area contributed by atoms with Crippen molar-refractivity contribution in [1.82, 2.24) is 5.32 Å². The number of hydrogen-bond donors (Lipinski definition) is 2. The SMILES string of the molecule is C=CC[C@@]1(C(=O)NCc2ccc(C(F)(F)F)cc2)N=C(c2ccc(OCCCO)cc2)O[C@@H]1c1ccc(Cl)cc1Cl. The number of alkyl halides is 3. The van der Waals surface area contributed by atoms with E-state index in [1.807, 2.05) is 0 Å². The maximum atomic E-state index is 13.9. The van der Waals surface area contributed by atoms with Crippen molar-refractivity contribution < 1.29 is 32.5 Å². The van der Waals surface area contributed by atoms with E-state index in [1.54, 1.807) is 42.5 Å². The van der Waals surface area contributed by atoms with E-state index in [9.17, 15) is 18.0 Å². The number of aliphatic imine (C=N–C) groups is 1. The van der Waals surface area contributed by atoms with Crippen LogP contribution in [0.4, 0.5) is 13.2 Å². The molecule has 1 amide bonds. The lowest BCUT2D eigenvalue weighted by atomic mass is 9.84. The fraction of sp³-hybridized carbons (Fsp3) is 0.267. The summed E-state index contributed by atoms with van der Waals surface area (Å²) in [6.45, 7) is 4.14. The molecule has 2 N–H and O–H groups in total. The van der Waals surface area contributed by atoms with Crippen molar-refractivity contribution in [1.29, 1.82) is 0 Å². The Bertz CT molecular complexity index is 1410. The minimum atomic E-state index is -4.46. The number of amides is 1. The summed E-state index contributed by atoms with van der Waals surface area (Å²) in [5.41, 5.74) is -0.782. The van der Waals surface area contributed by atoms with Crippen LogP contribution in [-0.4, -0.2) is 35.7 Å². The molecule has 0 bridgehead atoms. The predicted octanol–water partition coefficient (Wildman–Crippen LogP) is 6.92. The van der Waals surface area contributed by atoms with Crippen molar-refractivity contribution in [2.24, 2.45) is 4.99 Å². The highest BCUT2D eigenvalue weighted by Gasteiger charge is 2.53. The highest BCUT2D eigenvalue weighted by molar-refractivity contribution is 6.35. The van der Waals surface area contributed by atoms with Gasteiger partial charge < -0.3 is 19.9 Å². The lowest BCUT2D eigenvalue weighted by Gasteiger charge is -2.30. The topological polar surface area (TPSA) is 80.2 Å². The molecule has 0 aliphatic carbocycles. The van der Waals surface area contributed by atoms with Gasteiger partial charge in [0.1, 0.15) is 5.75 Å². The first kappa shape index (κ1) is 30.4. The number of hydrogen-bond acceptors (Lipinski definition) is 5. The Labute approximate surface area is 245 Å². The maximum Gasteiger partial charge on any atom is 0.416 e. The molecule has 3 aromatic carbocycles. The van der Waals surface area contributed by atoms with Crippen LogP contribution in [0.3, 0.4) is 0 Å². The fourth-order valence-corrected chi connectivity index (χ4v) is 4.88. The maximum absolute atomic E-state index is 13.9. The summed E-state index contributed by atoms with van der Waals surface area (Å²) in [4.78, 5) is 18.6. The lowest BCUT2D eigenvalue weighted by molar-refractivity contribution is -0.137. The van der Waals surface area contributed by atoms with Crippen LogP contribution in [-0.2, 0) is 22.3 Å². The second-order valence-electron chi connectivity index (χ2n) is 9.33. The van der Waals surface area contributed by atoms with Crippen molar-refractivity contribution in [2.45, 2.75) is 37.2 Å². The van der Waals surface area contributed by atoms with E-state index < -0.39 is 29.3 Å². The molecule has 2 atom stereocenters. The van der Waals surface area contributed by atoms with Crippen LogP contribution in [0.5, 0.6) is 5.75 Å². The van der Waals surface area contributed by atoms with Crippen LogP contribution < -0.4 is 10.1 Å². The Morgan fingerprint density at radius 3 is 2.44 bits per heavy atom. The molecule has 11 heteroatoms. The van der Waals surface area contributed by atoms with Gasteiger partial charge in [0.15, 0.2) is 11.6 Å². The van der Waals surface area contributed by atoms with E-state index in [2.05, 4.69) is 11.9 Å². The number of aliphatic hydroxyl groups excluding tert-OH is 1. The molecule has 0 spiro atoms. The third-order valence-electron chi connectivity index (χ3n) is 6.46. The Morgan fingerprint density at radius 2 is 1.83 bits per heavy atom. The van der Waals surface area contributed by atoms with Crippen molar-refractivity contribution in [3.8, 4) is 5.75 Å². The van der Waals surface area contributed by atoms with E-state index in [0.717, 1.165) is 12.1 Å². The van der Waals surface area contributed by atoms with Gasteiger partial charge >= 0.3 is 6.18 Å². The second kappa shape index (κ2) is 13.0. The van der Waals surface area contributed by atoms with E-state index in [4.69, 9.17) is 42.8 Å². The zero-order valence-electron chi connectivity index (χ0n) is 21.8. The molecule has 3 aromatic rings. The molecule has 0 radical (unpaired) electrons. The number of carbonyl (C=O) groups is 1. The molecular formula is C30H27Cl2F3N2O4. The zero-order valence-corrected chi connectivity index (χ0v) is 23.3. The van der Waals surface area contributed by atoms with Gasteiger partial charge in [-0.1, -0.05) is 47.5 Å². The number of rotatable bonds is 11. The van der Waals surface area contributed by atoms with Crippen LogP contribution in [0.15, 0.2) is 84.4 Å². The van der Waals surface area contributed by atoms with E-state index >= 15 is 0 Å². The molecule has 4 rings (SSSR count). The first-order valence-electron chi connectivity index (χ1n) is 12.7. The Hall–Kier alpha value is -3.53. The number of halogens is 5. The number of benzene rings is 3. The van der Waals surface area contributed by atoms with Gasteiger partial charge in [-0.3, -0.25) is 4.79 Å². The molecule has 1 aliphatic rings. The van der Waals surface area contributed by atoms with Crippen molar-refractivity contribution in [3.63, 3.8) is 0 Å². The van der Waals surface area contributed by atoms with Gasteiger partial charge in [-0.2, -0.15) is 13.2 Å². The standard InChI is InChI=1S/C30H27Cl2F3N2O4/c1-2-14-29(28(39)36-18-19-4-8-21(9-5-19)30(33,34)35)26(24-13-10-22(31)17-25(24)32)41-27(37-29)20-6-11-23(12-7-20)40-16-3-15-38/h2,4-13,17,26,38H,1,3,14-16,18H2,(H,36,39)/t26-,29-/m1/s1. The average Bonchev–Trinajstić information content (AvgIpc) is 3.32. The smallest absolute Gasteiger partial charge is 0.416 e.